The first-order valence-electron chi connectivity index (χ1n) is 7.16. The molecule has 1 N–H and O–H groups in total. The molecule has 1 aliphatic heterocycles. The van der Waals surface area contributed by atoms with Crippen LogP contribution in [0.4, 0.5) is 5.69 Å². The highest BCUT2D eigenvalue weighted by Crippen LogP contribution is 2.35. The normalized spacial score (nSPS) is 16.8. The first-order valence-corrected chi connectivity index (χ1v) is 10.2. The number of ether oxygens (including phenoxy) is 2. The zero-order chi connectivity index (χ0) is 16.3. The third-order valence-corrected chi connectivity index (χ3v) is 5.42. The number of anilines is 1. The molecule has 1 unspecified atom stereocenters. The van der Waals surface area contributed by atoms with Crippen LogP contribution in [-0.2, 0) is 10.0 Å². The van der Waals surface area contributed by atoms with Crippen LogP contribution in [0.5, 0.6) is 11.5 Å². The maximum Gasteiger partial charge on any atom is 0.261 e. The van der Waals surface area contributed by atoms with E-state index in [1.807, 2.05) is 0 Å². The molecule has 0 bridgehead atoms. The lowest BCUT2D eigenvalue weighted by Gasteiger charge is -2.26. The van der Waals surface area contributed by atoms with E-state index < -0.39 is 10.0 Å². The number of nitrogens with one attached hydrogen (secondary N) is 1. The zero-order valence-corrected chi connectivity index (χ0v) is 15.2. The van der Waals surface area contributed by atoms with Crippen LogP contribution in [0.25, 0.3) is 0 Å². The molecular formula is C16H16INO4S. The van der Waals surface area contributed by atoms with Crippen LogP contribution in [0.15, 0.2) is 53.4 Å². The van der Waals surface area contributed by atoms with Gasteiger partial charge in [0.15, 0.2) is 11.5 Å². The van der Waals surface area contributed by atoms with Crippen molar-refractivity contribution in [1.29, 1.82) is 0 Å². The van der Waals surface area contributed by atoms with Crippen LogP contribution in [0.2, 0.25) is 0 Å². The number of hydrogen-bond acceptors (Lipinski definition) is 4. The van der Waals surface area contributed by atoms with Gasteiger partial charge in [-0.3, -0.25) is 4.72 Å². The molecule has 2 aromatic carbocycles. The Labute approximate surface area is 149 Å². The minimum atomic E-state index is -3.61. The van der Waals surface area contributed by atoms with Crippen molar-refractivity contribution in [3.63, 3.8) is 0 Å². The lowest BCUT2D eigenvalue weighted by Crippen LogP contribution is -2.29. The Morgan fingerprint density at radius 3 is 2.65 bits per heavy atom. The Bertz CT molecular complexity index is 780. The quantitative estimate of drug-likeness (QED) is 0.566. The van der Waals surface area contributed by atoms with Crippen molar-refractivity contribution in [1.82, 2.24) is 0 Å². The molecule has 0 aromatic heterocycles. The monoisotopic (exact) mass is 445 g/mol. The maximum absolute atomic E-state index is 12.3. The molecule has 1 heterocycles. The Morgan fingerprint density at radius 1 is 1.13 bits per heavy atom. The number of sulfonamides is 1. The van der Waals surface area contributed by atoms with Gasteiger partial charge in [0.25, 0.3) is 10.0 Å². The molecule has 0 radical (unpaired) electrons. The molecule has 0 aliphatic carbocycles. The fourth-order valence-corrected chi connectivity index (χ4v) is 4.02. The molecule has 3 rings (SSSR count). The number of alkyl halides is 1. The summed E-state index contributed by atoms with van der Waals surface area (Å²) in [7, 11) is -3.61. The lowest BCUT2D eigenvalue weighted by molar-refractivity contribution is 0.0898. The fraction of sp³-hybridized carbons (Fsp3) is 0.250. The van der Waals surface area contributed by atoms with Gasteiger partial charge >= 0.3 is 0 Å². The number of benzene rings is 2. The topological polar surface area (TPSA) is 64.6 Å². The van der Waals surface area contributed by atoms with Crippen LogP contribution >= 0.6 is 22.6 Å². The first kappa shape index (κ1) is 16.4. The zero-order valence-electron chi connectivity index (χ0n) is 12.2. The Balaban J connectivity index is 1.78. The van der Waals surface area contributed by atoms with Crippen molar-refractivity contribution < 1.29 is 17.9 Å². The molecule has 23 heavy (non-hydrogen) atoms. The van der Waals surface area contributed by atoms with Crippen molar-refractivity contribution in [2.75, 3.05) is 15.8 Å². The molecule has 5 nitrogen and oxygen atoms in total. The number of rotatable bonds is 5. The second-order valence-corrected chi connectivity index (χ2v) is 7.87. The maximum atomic E-state index is 12.3. The average molecular weight is 445 g/mol. The highest BCUT2D eigenvalue weighted by molar-refractivity contribution is 14.1. The second-order valence-electron chi connectivity index (χ2n) is 5.11. The number of halogens is 1. The van der Waals surface area contributed by atoms with E-state index >= 15 is 0 Å². The highest BCUT2D eigenvalue weighted by atomic mass is 127. The van der Waals surface area contributed by atoms with E-state index in [1.54, 1.807) is 48.5 Å². The van der Waals surface area contributed by atoms with E-state index in [1.165, 1.54) is 0 Å². The minimum absolute atomic E-state index is 0.0475. The second kappa shape index (κ2) is 6.96. The van der Waals surface area contributed by atoms with Crippen molar-refractivity contribution in [2.24, 2.45) is 0 Å². The van der Waals surface area contributed by atoms with E-state index in [0.717, 1.165) is 10.8 Å². The summed E-state index contributed by atoms with van der Waals surface area (Å²) in [5.74, 6) is 1.21. The first-order chi connectivity index (χ1) is 11.1. The number of fused-ring (bicyclic) bond motifs is 1. The summed E-state index contributed by atoms with van der Waals surface area (Å²) in [6, 6.07) is 13.3. The van der Waals surface area contributed by atoms with E-state index in [4.69, 9.17) is 9.47 Å². The van der Waals surface area contributed by atoms with E-state index in [9.17, 15) is 8.42 Å². The molecule has 0 amide bonds. The van der Waals surface area contributed by atoms with Crippen LogP contribution < -0.4 is 14.2 Å². The van der Waals surface area contributed by atoms with Crippen LogP contribution in [-0.4, -0.2) is 25.6 Å². The Hall–Kier alpha value is -1.48. The number of hydrogen-bond donors (Lipinski definition) is 1. The molecule has 0 saturated carbocycles. The molecule has 1 atom stereocenters. The van der Waals surface area contributed by atoms with Crippen molar-refractivity contribution >= 4 is 38.3 Å². The average Bonchev–Trinajstić information content (AvgIpc) is 2.56. The van der Waals surface area contributed by atoms with Crippen molar-refractivity contribution in [3.05, 3.63) is 48.5 Å². The van der Waals surface area contributed by atoms with Crippen LogP contribution in [0, 0.1) is 0 Å². The Kier molecular flexibility index (Phi) is 4.96. The standard InChI is InChI=1S/C16H16INO4S/c17-9-8-13-11-21-16-10-12(6-7-15(16)22-13)18-23(19,20)14-4-2-1-3-5-14/h1-7,10,13,18H,8-9,11H2. The molecule has 0 saturated heterocycles. The molecule has 0 fully saturated rings. The van der Waals surface area contributed by atoms with Crippen LogP contribution in [0.1, 0.15) is 6.42 Å². The summed E-state index contributed by atoms with van der Waals surface area (Å²) < 4.78 is 39.7. The largest absolute Gasteiger partial charge is 0.486 e. The van der Waals surface area contributed by atoms with Gasteiger partial charge in [0.2, 0.25) is 0 Å². The van der Waals surface area contributed by atoms with Gasteiger partial charge in [0.05, 0.1) is 10.6 Å². The third-order valence-electron chi connectivity index (χ3n) is 3.40. The summed E-state index contributed by atoms with van der Waals surface area (Å²) in [6.45, 7) is 0.477. The molecule has 7 heteroatoms. The summed E-state index contributed by atoms with van der Waals surface area (Å²) in [5.41, 5.74) is 0.448. The lowest BCUT2D eigenvalue weighted by atomic mass is 10.2. The van der Waals surface area contributed by atoms with Gasteiger partial charge in [-0.05, 0) is 30.7 Å². The molecule has 2 aromatic rings. The molecule has 122 valence electrons. The van der Waals surface area contributed by atoms with Gasteiger partial charge in [-0.15, -0.1) is 0 Å². The molecule has 0 spiro atoms. The molecule has 1 aliphatic rings. The van der Waals surface area contributed by atoms with Gasteiger partial charge in [-0.2, -0.15) is 0 Å². The molecular weight excluding hydrogens is 429 g/mol. The summed E-state index contributed by atoms with van der Waals surface area (Å²) in [4.78, 5) is 0.219. The van der Waals surface area contributed by atoms with Gasteiger partial charge in [-0.25, -0.2) is 8.42 Å². The third kappa shape index (κ3) is 3.89. The predicted octanol–water partition coefficient (Wildman–Crippen LogP) is 3.45. The summed E-state index contributed by atoms with van der Waals surface area (Å²) in [6.07, 6.45) is 0.966. The fourth-order valence-electron chi connectivity index (χ4n) is 2.26. The summed E-state index contributed by atoms with van der Waals surface area (Å²) in [5, 5.41) is 0. The van der Waals surface area contributed by atoms with Crippen molar-refractivity contribution in [3.8, 4) is 11.5 Å². The van der Waals surface area contributed by atoms with Gasteiger partial charge in [0, 0.05) is 10.5 Å². The van der Waals surface area contributed by atoms with Gasteiger partial charge in [-0.1, -0.05) is 40.8 Å². The van der Waals surface area contributed by atoms with E-state index in [2.05, 4.69) is 27.3 Å². The van der Waals surface area contributed by atoms with Gasteiger partial charge < -0.3 is 9.47 Å². The Morgan fingerprint density at radius 2 is 1.91 bits per heavy atom. The smallest absolute Gasteiger partial charge is 0.261 e. The highest BCUT2D eigenvalue weighted by Gasteiger charge is 2.22. The van der Waals surface area contributed by atoms with Crippen molar-refractivity contribution in [2.45, 2.75) is 17.4 Å². The van der Waals surface area contributed by atoms with Gasteiger partial charge in [0.1, 0.15) is 12.7 Å². The van der Waals surface area contributed by atoms with Crippen LogP contribution in [0.3, 0.4) is 0 Å². The van der Waals surface area contributed by atoms with E-state index in [-0.39, 0.29) is 11.0 Å². The summed E-state index contributed by atoms with van der Waals surface area (Å²) >= 11 is 2.30. The minimum Gasteiger partial charge on any atom is -0.486 e. The SMILES string of the molecule is O=S(=O)(Nc1ccc2c(c1)OCC(CCI)O2)c1ccccc1. The predicted molar refractivity (Wildman–Crippen MR) is 97.1 cm³/mol. The van der Waals surface area contributed by atoms with E-state index in [0.29, 0.717) is 23.8 Å².